The molecule has 0 N–H and O–H groups in total. The Balaban J connectivity index is 2.08. The average molecular weight is 279 g/mol. The third-order valence-electron chi connectivity index (χ3n) is 5.65. The fourth-order valence-electron chi connectivity index (χ4n) is 4.23. The molecule has 19 heavy (non-hydrogen) atoms. The van der Waals surface area contributed by atoms with Crippen molar-refractivity contribution in [3.63, 3.8) is 0 Å². The second-order valence-electron chi connectivity index (χ2n) is 7.40. The van der Waals surface area contributed by atoms with Crippen molar-refractivity contribution >= 4 is 20.5 Å². The van der Waals surface area contributed by atoms with Crippen molar-refractivity contribution in [3.05, 3.63) is 0 Å². The van der Waals surface area contributed by atoms with Crippen LogP contribution in [0.15, 0.2) is 0 Å². The van der Waals surface area contributed by atoms with Gasteiger partial charge in [-0.05, 0) is 44.9 Å². The number of hydrogen-bond donors (Lipinski definition) is 1. The summed E-state index contributed by atoms with van der Waals surface area (Å²) < 4.78 is 0. The molecule has 0 aromatic rings. The van der Waals surface area contributed by atoms with E-state index in [0.717, 1.165) is 12.0 Å². The summed E-state index contributed by atoms with van der Waals surface area (Å²) >= 11 is 4.83. The molecule has 1 aliphatic heterocycles. The minimum Gasteiger partial charge on any atom is -0.286 e. The van der Waals surface area contributed by atoms with Crippen LogP contribution in [0.1, 0.15) is 66.2 Å². The fraction of sp³-hybridized carbons (Fsp3) is 1.00. The summed E-state index contributed by atoms with van der Waals surface area (Å²) in [4.78, 5) is 2.65. The number of hydrogen-bond acceptors (Lipinski definition) is 2. The Bertz CT molecular complexity index is 307. The Morgan fingerprint density at radius 1 is 1.16 bits per heavy atom. The van der Waals surface area contributed by atoms with E-state index in [1.807, 2.05) is 0 Å². The van der Waals surface area contributed by atoms with E-state index < -0.39 is 0 Å². The van der Waals surface area contributed by atoms with Gasteiger partial charge in [0, 0.05) is 12.1 Å². The van der Waals surface area contributed by atoms with Gasteiger partial charge in [0.25, 0.3) is 0 Å². The van der Waals surface area contributed by atoms with Crippen molar-refractivity contribution in [3.8, 4) is 0 Å². The summed E-state index contributed by atoms with van der Waals surface area (Å²) in [6.07, 6.45) is 7.51. The second kappa shape index (κ2) is 6.01. The van der Waals surface area contributed by atoms with Crippen LogP contribution in [0.5, 0.6) is 0 Å². The molecule has 1 aliphatic carbocycles. The van der Waals surface area contributed by atoms with Crippen LogP contribution in [0.4, 0.5) is 0 Å². The van der Waals surface area contributed by atoms with Gasteiger partial charge in [-0.25, -0.2) is 0 Å². The molecule has 0 aromatic heterocycles. The number of likely N-dealkylation sites (tertiary alicyclic amines) is 1. The average Bonchev–Trinajstić information content (AvgIpc) is 2.60. The predicted molar refractivity (Wildman–Crippen MR) is 88.0 cm³/mol. The molecule has 2 radical (unpaired) electrons. The fourth-order valence-corrected chi connectivity index (χ4v) is 4.94. The first kappa shape index (κ1) is 15.8. The van der Waals surface area contributed by atoms with Crippen molar-refractivity contribution in [2.75, 3.05) is 0 Å². The van der Waals surface area contributed by atoms with E-state index in [1.54, 1.807) is 0 Å². The van der Waals surface area contributed by atoms with Gasteiger partial charge in [-0.1, -0.05) is 38.4 Å². The molecule has 0 spiro atoms. The lowest BCUT2D eigenvalue weighted by atomic mass is 9.55. The highest BCUT2D eigenvalue weighted by Crippen LogP contribution is 2.49. The molecule has 4 atom stereocenters. The van der Waals surface area contributed by atoms with E-state index in [-0.39, 0.29) is 5.31 Å². The zero-order valence-corrected chi connectivity index (χ0v) is 14.0. The number of rotatable bonds is 2. The van der Waals surface area contributed by atoms with Crippen molar-refractivity contribution in [2.45, 2.75) is 89.0 Å². The minimum absolute atomic E-state index is 0.0717. The van der Waals surface area contributed by atoms with Gasteiger partial charge in [-0.15, -0.1) is 0 Å². The predicted octanol–water partition coefficient (Wildman–Crippen LogP) is 4.29. The molecule has 0 amide bonds. The van der Waals surface area contributed by atoms with Crippen LogP contribution < -0.4 is 0 Å². The Hall–Kier alpha value is 0.375. The topological polar surface area (TPSA) is 3.24 Å². The standard InChI is InChI=1S/C16H30BNS/c1-11(2)16(17)8-5-6-14-13(7-9-16)10-15(19)18(14)12(3)4/h11-15,19H,5-10H2,1-4H3. The Morgan fingerprint density at radius 3 is 2.42 bits per heavy atom. The van der Waals surface area contributed by atoms with Gasteiger partial charge in [-0.3, -0.25) is 4.90 Å². The molecule has 0 aromatic carbocycles. The molecule has 2 aliphatic rings. The summed E-state index contributed by atoms with van der Waals surface area (Å²) in [5.74, 6) is 1.41. The lowest BCUT2D eigenvalue weighted by molar-refractivity contribution is 0.141. The molecule has 1 nitrogen and oxygen atoms in total. The van der Waals surface area contributed by atoms with E-state index in [2.05, 4.69) is 32.6 Å². The van der Waals surface area contributed by atoms with Gasteiger partial charge in [0.1, 0.15) is 0 Å². The molecule has 1 saturated carbocycles. The molecule has 3 heteroatoms. The molecular formula is C16H30BNS. The van der Waals surface area contributed by atoms with Gasteiger partial charge in [-0.2, -0.15) is 12.6 Å². The van der Waals surface area contributed by atoms with E-state index in [9.17, 15) is 0 Å². The number of fused-ring (bicyclic) bond motifs is 1. The van der Waals surface area contributed by atoms with E-state index in [1.165, 1.54) is 38.5 Å². The normalized spacial score (nSPS) is 41.3. The van der Waals surface area contributed by atoms with Crippen LogP contribution in [0.25, 0.3) is 0 Å². The highest BCUT2D eigenvalue weighted by atomic mass is 32.1. The zero-order valence-electron chi connectivity index (χ0n) is 13.1. The lowest BCUT2D eigenvalue weighted by Crippen LogP contribution is -2.41. The zero-order chi connectivity index (χ0) is 14.2. The molecule has 1 saturated heterocycles. The van der Waals surface area contributed by atoms with Gasteiger partial charge < -0.3 is 0 Å². The van der Waals surface area contributed by atoms with E-state index in [0.29, 0.717) is 17.3 Å². The van der Waals surface area contributed by atoms with Crippen LogP contribution in [0, 0.1) is 11.8 Å². The molecule has 2 fully saturated rings. The smallest absolute Gasteiger partial charge is 0.0749 e. The summed E-state index contributed by atoms with van der Waals surface area (Å²) in [5, 5.41) is 0.529. The SMILES string of the molecule is [B]C1(C(C)C)CCCC2C(CC1)CC(S)N2C(C)C. The number of thiol groups is 1. The highest BCUT2D eigenvalue weighted by Gasteiger charge is 2.42. The van der Waals surface area contributed by atoms with Crippen molar-refractivity contribution < 1.29 is 0 Å². The highest BCUT2D eigenvalue weighted by molar-refractivity contribution is 7.80. The first-order chi connectivity index (χ1) is 8.85. The second-order valence-corrected chi connectivity index (χ2v) is 8.00. The monoisotopic (exact) mass is 279 g/mol. The van der Waals surface area contributed by atoms with Crippen LogP contribution in [0.2, 0.25) is 5.31 Å². The Morgan fingerprint density at radius 2 is 1.84 bits per heavy atom. The number of nitrogens with zero attached hydrogens (tertiary/aromatic N) is 1. The molecule has 2 rings (SSSR count). The molecule has 1 heterocycles. The van der Waals surface area contributed by atoms with Crippen LogP contribution in [-0.2, 0) is 0 Å². The van der Waals surface area contributed by atoms with Crippen molar-refractivity contribution in [2.24, 2.45) is 11.8 Å². The van der Waals surface area contributed by atoms with Crippen molar-refractivity contribution in [1.29, 1.82) is 0 Å². The van der Waals surface area contributed by atoms with Gasteiger partial charge in [0.2, 0.25) is 0 Å². The van der Waals surface area contributed by atoms with E-state index >= 15 is 0 Å². The third kappa shape index (κ3) is 3.18. The third-order valence-corrected chi connectivity index (χ3v) is 6.13. The Kier molecular flexibility index (Phi) is 4.99. The maximum Gasteiger partial charge on any atom is 0.0749 e. The van der Waals surface area contributed by atoms with Crippen molar-refractivity contribution in [1.82, 2.24) is 4.90 Å². The van der Waals surface area contributed by atoms with Gasteiger partial charge >= 0.3 is 0 Å². The van der Waals surface area contributed by atoms with Crippen LogP contribution in [-0.4, -0.2) is 30.2 Å². The minimum atomic E-state index is 0.0717. The first-order valence-corrected chi connectivity index (χ1v) is 8.61. The van der Waals surface area contributed by atoms with E-state index in [4.69, 9.17) is 20.5 Å². The summed E-state index contributed by atoms with van der Waals surface area (Å²) in [7, 11) is 6.65. The lowest BCUT2D eigenvalue weighted by Gasteiger charge is -2.41. The van der Waals surface area contributed by atoms with Gasteiger partial charge in [0.05, 0.1) is 13.2 Å². The maximum absolute atomic E-state index is 6.65. The summed E-state index contributed by atoms with van der Waals surface area (Å²) in [5.41, 5.74) is 0. The molecule has 4 unspecified atom stereocenters. The maximum atomic E-state index is 6.65. The molecule has 0 bridgehead atoms. The summed E-state index contributed by atoms with van der Waals surface area (Å²) in [6, 6.07) is 1.36. The largest absolute Gasteiger partial charge is 0.286 e. The van der Waals surface area contributed by atoms with Crippen LogP contribution >= 0.6 is 12.6 Å². The Labute approximate surface area is 126 Å². The molecule has 108 valence electrons. The molecular weight excluding hydrogens is 249 g/mol. The first-order valence-electron chi connectivity index (χ1n) is 8.09. The quantitative estimate of drug-likeness (QED) is 0.583. The van der Waals surface area contributed by atoms with Crippen LogP contribution in [0.3, 0.4) is 0 Å². The summed E-state index contributed by atoms with van der Waals surface area (Å²) in [6.45, 7) is 9.20. The van der Waals surface area contributed by atoms with Gasteiger partial charge in [0.15, 0.2) is 0 Å².